The van der Waals surface area contributed by atoms with E-state index in [4.69, 9.17) is 0 Å². The Bertz CT molecular complexity index is 1540. The highest BCUT2D eigenvalue weighted by Gasteiger charge is 2.38. The number of amides is 1. The highest BCUT2D eigenvalue weighted by molar-refractivity contribution is 5.90. The van der Waals surface area contributed by atoms with Crippen molar-refractivity contribution in [1.29, 1.82) is 0 Å². The van der Waals surface area contributed by atoms with E-state index in [2.05, 4.69) is 35.8 Å². The smallest absolute Gasteiger partial charge is 0.411 e. The fraction of sp³-hybridized carbons (Fsp3) is 0.250. The number of fused-ring (bicyclic) bond motifs is 3. The summed E-state index contributed by atoms with van der Waals surface area (Å²) in [6.07, 6.45) is 0.184. The van der Waals surface area contributed by atoms with Crippen LogP contribution >= 0.6 is 0 Å². The number of anilines is 3. The Balaban J connectivity index is 1.34. The van der Waals surface area contributed by atoms with Crippen molar-refractivity contribution in [2.45, 2.75) is 26.0 Å². The number of ether oxygens (including phenoxy) is 1. The van der Waals surface area contributed by atoms with Crippen molar-refractivity contribution in [2.75, 3.05) is 23.7 Å². The molecule has 0 spiro atoms. The summed E-state index contributed by atoms with van der Waals surface area (Å²) in [6, 6.07) is 6.66. The molecule has 6 rings (SSSR count). The number of halogens is 3. The molecule has 2 aliphatic heterocycles. The van der Waals surface area contributed by atoms with Gasteiger partial charge in [-0.05, 0) is 36.1 Å². The summed E-state index contributed by atoms with van der Waals surface area (Å²) >= 11 is 0. The van der Waals surface area contributed by atoms with E-state index in [-0.39, 0.29) is 23.9 Å². The lowest BCUT2D eigenvalue weighted by atomic mass is 9.98. The molecule has 184 valence electrons. The number of pyridine rings is 2. The molecule has 3 aromatic heterocycles. The molecule has 1 aromatic carbocycles. The van der Waals surface area contributed by atoms with E-state index >= 15 is 4.39 Å². The topological polar surface area (TPSA) is 106 Å². The molecule has 3 N–H and O–H groups in total. The molecule has 0 unspecified atom stereocenters. The third-order valence-corrected chi connectivity index (χ3v) is 6.23. The molecule has 0 fully saturated rings. The Hall–Kier alpha value is -4.35. The lowest BCUT2D eigenvalue weighted by Gasteiger charge is -2.27. The minimum absolute atomic E-state index is 0.0933. The second kappa shape index (κ2) is 8.11. The van der Waals surface area contributed by atoms with Gasteiger partial charge in [0.1, 0.15) is 30.4 Å². The number of hydrogen-bond acceptors (Lipinski definition) is 7. The Morgan fingerprint density at radius 2 is 1.92 bits per heavy atom. The number of benzene rings is 1. The number of carbonyl (C=O) groups is 1. The minimum atomic E-state index is -3.36. The number of rotatable bonds is 3. The van der Waals surface area contributed by atoms with Crippen molar-refractivity contribution < 1.29 is 22.7 Å². The van der Waals surface area contributed by atoms with Gasteiger partial charge in [0.15, 0.2) is 5.82 Å². The Labute approximate surface area is 202 Å². The van der Waals surface area contributed by atoms with Crippen LogP contribution in [0.5, 0.6) is 5.88 Å². The minimum Gasteiger partial charge on any atom is -0.411 e. The summed E-state index contributed by atoms with van der Waals surface area (Å²) in [4.78, 5) is 20.1. The zero-order chi connectivity index (χ0) is 25.0. The number of hydrogen-bond donors (Lipinski definition) is 3. The fourth-order valence-corrected chi connectivity index (χ4v) is 4.45. The molecule has 0 atom stereocenters. The van der Waals surface area contributed by atoms with Gasteiger partial charge in [0.25, 0.3) is 0 Å². The van der Waals surface area contributed by atoms with E-state index in [1.165, 1.54) is 12.3 Å². The molecule has 0 saturated heterocycles. The Kier molecular flexibility index (Phi) is 4.99. The highest BCUT2D eigenvalue weighted by atomic mass is 19.3. The summed E-state index contributed by atoms with van der Waals surface area (Å²) in [5.41, 5.74) is 2.50. The van der Waals surface area contributed by atoms with E-state index in [0.29, 0.717) is 52.2 Å². The van der Waals surface area contributed by atoms with Gasteiger partial charge < -0.3 is 20.7 Å². The van der Waals surface area contributed by atoms with Crippen LogP contribution in [0.25, 0.3) is 21.9 Å². The molecule has 4 aromatic rings. The number of alkyl halides is 2. The van der Waals surface area contributed by atoms with Crippen LogP contribution in [0.3, 0.4) is 0 Å². The van der Waals surface area contributed by atoms with Crippen LogP contribution in [-0.4, -0.2) is 44.9 Å². The van der Waals surface area contributed by atoms with Crippen LogP contribution in [0.4, 0.5) is 30.5 Å². The van der Waals surface area contributed by atoms with E-state index in [9.17, 15) is 13.6 Å². The zero-order valence-corrected chi connectivity index (χ0v) is 19.0. The second-order valence-corrected chi connectivity index (χ2v) is 8.72. The lowest BCUT2D eigenvalue weighted by molar-refractivity contribution is -0.169. The summed E-state index contributed by atoms with van der Waals surface area (Å²) in [7, 11) is 0. The predicted molar refractivity (Wildman–Crippen MR) is 126 cm³/mol. The maximum atomic E-state index is 15.1. The molecule has 0 bridgehead atoms. The summed E-state index contributed by atoms with van der Waals surface area (Å²) in [6.45, 7) is 1.70. The van der Waals surface area contributed by atoms with Crippen LogP contribution in [0.2, 0.25) is 0 Å². The second-order valence-electron chi connectivity index (χ2n) is 8.72. The van der Waals surface area contributed by atoms with E-state index in [0.717, 1.165) is 5.69 Å². The summed E-state index contributed by atoms with van der Waals surface area (Å²) in [5, 5.41) is 14.3. The number of nitrogens with one attached hydrogen (secondary N) is 3. The van der Waals surface area contributed by atoms with Crippen LogP contribution in [0.15, 0.2) is 36.7 Å². The molecular formula is C24H20F3N7O2. The molecule has 0 radical (unpaired) electrons. The third-order valence-electron chi connectivity index (χ3n) is 6.23. The van der Waals surface area contributed by atoms with Gasteiger partial charge in [-0.2, -0.15) is 13.9 Å². The molecule has 0 aliphatic carbocycles. The Morgan fingerprint density at radius 1 is 1.06 bits per heavy atom. The maximum absolute atomic E-state index is 15.1. The molecule has 0 saturated carbocycles. The van der Waals surface area contributed by atoms with Crippen LogP contribution in [0, 0.1) is 12.7 Å². The van der Waals surface area contributed by atoms with Crippen LogP contribution in [0.1, 0.15) is 11.3 Å². The third kappa shape index (κ3) is 3.93. The van der Waals surface area contributed by atoms with Gasteiger partial charge in [-0.25, -0.2) is 14.4 Å². The average molecular weight is 495 g/mol. The van der Waals surface area contributed by atoms with Crippen molar-refractivity contribution in [3.63, 3.8) is 0 Å². The quantitative estimate of drug-likeness (QED) is 0.398. The predicted octanol–water partition coefficient (Wildman–Crippen LogP) is 3.75. The van der Waals surface area contributed by atoms with Gasteiger partial charge in [0.2, 0.25) is 11.8 Å². The molecule has 12 heteroatoms. The lowest BCUT2D eigenvalue weighted by Crippen LogP contribution is -2.38. The largest absolute Gasteiger partial charge is 0.416 e. The normalized spacial score (nSPS) is 16.3. The van der Waals surface area contributed by atoms with Crippen LogP contribution in [-0.2, 0) is 17.8 Å². The highest BCUT2D eigenvalue weighted by Crippen LogP contribution is 2.40. The van der Waals surface area contributed by atoms with Gasteiger partial charge >= 0.3 is 6.11 Å². The fourth-order valence-electron chi connectivity index (χ4n) is 4.45. The summed E-state index contributed by atoms with van der Waals surface area (Å²) < 4.78 is 48.5. The zero-order valence-electron chi connectivity index (χ0n) is 19.0. The van der Waals surface area contributed by atoms with Gasteiger partial charge in [0.05, 0.1) is 0 Å². The van der Waals surface area contributed by atoms with E-state index in [1.54, 1.807) is 29.9 Å². The van der Waals surface area contributed by atoms with E-state index in [1.807, 2.05) is 6.07 Å². The summed E-state index contributed by atoms with van der Waals surface area (Å²) in [5.74, 6) is 0.236. The van der Waals surface area contributed by atoms with Crippen molar-refractivity contribution in [2.24, 2.45) is 0 Å². The van der Waals surface area contributed by atoms with Gasteiger partial charge in [0, 0.05) is 53.6 Å². The van der Waals surface area contributed by atoms with Crippen molar-refractivity contribution in [1.82, 2.24) is 25.1 Å². The number of carbonyl (C=O) groups excluding carboxylic acids is 1. The average Bonchev–Trinajstić information content (AvgIpc) is 3.10. The first-order chi connectivity index (χ1) is 17.3. The van der Waals surface area contributed by atoms with Crippen molar-refractivity contribution in [3.05, 3.63) is 53.7 Å². The standard InChI is InChI=1S/C24H20F3N7O2/c1-12-17(9-30-23-22(12)31-11-24(26,27)36-23)16-4-13-6-19(29-8-14(13)5-18(16)25)32-20-7-15-2-3-28-21(35)10-34(15)33-20/h4-9,31H,2-3,10-11H2,1H3,(H,28,35)(H,29,32,33). The number of nitrogens with zero attached hydrogens (tertiary/aromatic N) is 4. The maximum Gasteiger partial charge on any atom is 0.416 e. The van der Waals surface area contributed by atoms with Gasteiger partial charge in [-0.15, -0.1) is 0 Å². The molecule has 36 heavy (non-hydrogen) atoms. The van der Waals surface area contributed by atoms with E-state index < -0.39 is 18.5 Å². The van der Waals surface area contributed by atoms with Gasteiger partial charge in [-0.3, -0.25) is 9.48 Å². The molecule has 1 amide bonds. The van der Waals surface area contributed by atoms with Crippen molar-refractivity contribution >= 4 is 34.0 Å². The van der Waals surface area contributed by atoms with Crippen LogP contribution < -0.4 is 20.7 Å². The van der Waals surface area contributed by atoms with Gasteiger partial charge in [-0.1, -0.05) is 0 Å². The Morgan fingerprint density at radius 3 is 2.78 bits per heavy atom. The SMILES string of the molecule is Cc1c(-c2cc3cc(Nc4cc5n(n4)CC(=O)NCC5)ncc3cc2F)cnc2c1NCC(F)(F)O2. The monoisotopic (exact) mass is 495 g/mol. The van der Waals surface area contributed by atoms with Crippen molar-refractivity contribution in [3.8, 4) is 17.0 Å². The molecule has 9 nitrogen and oxygen atoms in total. The molecule has 5 heterocycles. The molecule has 2 aliphatic rings. The first kappa shape index (κ1) is 22.1. The number of aromatic nitrogens is 4. The molecular weight excluding hydrogens is 475 g/mol. The first-order valence-corrected chi connectivity index (χ1v) is 11.3. The first-order valence-electron chi connectivity index (χ1n) is 11.3.